The fourth-order valence-corrected chi connectivity index (χ4v) is 2.71. The standard InChI is InChI=1S/C19H20Cl2FN3O3/c1-11(19(27)24-15-8-12(20)4-6-14(15)22)25(2)10-18(26)23-16-9-13(21)5-7-17(16)28-3/h4-9,11H,10H2,1-3H3,(H,23,26)(H,24,27). The molecule has 0 aromatic heterocycles. The number of rotatable bonds is 7. The van der Waals surface area contributed by atoms with Crippen molar-refractivity contribution < 1.29 is 18.7 Å². The van der Waals surface area contributed by atoms with Gasteiger partial charge in [0.25, 0.3) is 0 Å². The molecular weight excluding hydrogens is 408 g/mol. The number of carbonyl (C=O) groups excluding carboxylic acids is 2. The summed E-state index contributed by atoms with van der Waals surface area (Å²) in [7, 11) is 3.08. The number of ether oxygens (including phenoxy) is 1. The Kier molecular flexibility index (Phi) is 7.62. The maximum absolute atomic E-state index is 13.8. The van der Waals surface area contributed by atoms with Crippen molar-refractivity contribution in [3.8, 4) is 5.75 Å². The molecule has 1 unspecified atom stereocenters. The molecule has 2 aromatic rings. The van der Waals surface area contributed by atoms with Crippen LogP contribution in [0.25, 0.3) is 0 Å². The largest absolute Gasteiger partial charge is 0.495 e. The zero-order valence-electron chi connectivity index (χ0n) is 15.6. The summed E-state index contributed by atoms with van der Waals surface area (Å²) in [6.45, 7) is 1.52. The molecule has 0 saturated carbocycles. The number of hydrogen-bond acceptors (Lipinski definition) is 4. The van der Waals surface area contributed by atoms with Crippen LogP contribution in [0.1, 0.15) is 6.92 Å². The first-order valence-corrected chi connectivity index (χ1v) is 9.06. The van der Waals surface area contributed by atoms with Crippen LogP contribution in [0.4, 0.5) is 15.8 Å². The highest BCUT2D eigenvalue weighted by atomic mass is 35.5. The molecule has 0 spiro atoms. The van der Waals surface area contributed by atoms with E-state index in [0.717, 1.165) is 6.07 Å². The molecule has 0 fully saturated rings. The summed E-state index contributed by atoms with van der Waals surface area (Å²) in [5.74, 6) is -0.977. The lowest BCUT2D eigenvalue weighted by molar-refractivity contribution is -0.122. The van der Waals surface area contributed by atoms with Crippen LogP contribution in [0, 0.1) is 5.82 Å². The Morgan fingerprint density at radius 1 is 1.11 bits per heavy atom. The summed E-state index contributed by atoms with van der Waals surface area (Å²) in [6, 6.07) is 8.01. The van der Waals surface area contributed by atoms with Gasteiger partial charge in [0.2, 0.25) is 11.8 Å². The Morgan fingerprint density at radius 3 is 2.36 bits per heavy atom. The van der Waals surface area contributed by atoms with Gasteiger partial charge in [0.15, 0.2) is 0 Å². The molecule has 2 N–H and O–H groups in total. The first-order valence-electron chi connectivity index (χ1n) is 8.30. The third-order valence-corrected chi connectivity index (χ3v) is 4.53. The molecule has 2 aromatic carbocycles. The summed E-state index contributed by atoms with van der Waals surface area (Å²) >= 11 is 11.8. The SMILES string of the molecule is COc1ccc(Cl)cc1NC(=O)CN(C)C(C)C(=O)Nc1cc(Cl)ccc1F. The first kappa shape index (κ1) is 21.9. The van der Waals surface area contributed by atoms with Crippen molar-refractivity contribution >= 4 is 46.4 Å². The summed E-state index contributed by atoms with van der Waals surface area (Å²) in [5.41, 5.74) is 0.400. The van der Waals surface area contributed by atoms with Gasteiger partial charge in [-0.25, -0.2) is 4.39 Å². The minimum atomic E-state index is -0.703. The third kappa shape index (κ3) is 5.82. The number of nitrogens with one attached hydrogen (secondary N) is 2. The van der Waals surface area contributed by atoms with Crippen LogP contribution in [0.2, 0.25) is 10.0 Å². The van der Waals surface area contributed by atoms with Gasteiger partial charge in [-0.2, -0.15) is 0 Å². The van der Waals surface area contributed by atoms with Crippen molar-refractivity contribution in [3.63, 3.8) is 0 Å². The smallest absolute Gasteiger partial charge is 0.241 e. The minimum Gasteiger partial charge on any atom is -0.495 e. The highest BCUT2D eigenvalue weighted by Crippen LogP contribution is 2.27. The van der Waals surface area contributed by atoms with Gasteiger partial charge in [-0.1, -0.05) is 23.2 Å². The monoisotopic (exact) mass is 427 g/mol. The van der Waals surface area contributed by atoms with Crippen molar-refractivity contribution in [3.05, 3.63) is 52.3 Å². The second-order valence-electron chi connectivity index (χ2n) is 6.10. The summed E-state index contributed by atoms with van der Waals surface area (Å²) in [4.78, 5) is 26.2. The molecule has 6 nitrogen and oxygen atoms in total. The normalized spacial score (nSPS) is 11.8. The van der Waals surface area contributed by atoms with Gasteiger partial charge in [0.1, 0.15) is 11.6 Å². The highest BCUT2D eigenvalue weighted by Gasteiger charge is 2.21. The molecular formula is C19H20Cl2FN3O3. The number of amides is 2. The molecule has 0 heterocycles. The van der Waals surface area contributed by atoms with Crippen LogP contribution in [0.3, 0.4) is 0 Å². The van der Waals surface area contributed by atoms with Gasteiger partial charge in [-0.05, 0) is 50.4 Å². The lowest BCUT2D eigenvalue weighted by Gasteiger charge is -2.23. The quantitative estimate of drug-likeness (QED) is 0.699. The van der Waals surface area contributed by atoms with Crippen LogP contribution in [-0.2, 0) is 9.59 Å². The van der Waals surface area contributed by atoms with Crippen molar-refractivity contribution in [2.75, 3.05) is 31.3 Å². The maximum atomic E-state index is 13.8. The van der Waals surface area contributed by atoms with E-state index < -0.39 is 17.8 Å². The van der Waals surface area contributed by atoms with E-state index in [0.29, 0.717) is 21.5 Å². The Balaban J connectivity index is 1.98. The third-order valence-electron chi connectivity index (χ3n) is 4.06. The molecule has 28 heavy (non-hydrogen) atoms. The number of nitrogens with zero attached hydrogens (tertiary/aromatic N) is 1. The van der Waals surface area contributed by atoms with E-state index in [4.69, 9.17) is 27.9 Å². The van der Waals surface area contributed by atoms with Crippen LogP contribution in [0.5, 0.6) is 5.75 Å². The summed E-state index contributed by atoms with van der Waals surface area (Å²) in [6.07, 6.45) is 0. The Morgan fingerprint density at radius 2 is 1.71 bits per heavy atom. The number of likely N-dealkylation sites (N-methyl/N-ethyl adjacent to an activating group) is 1. The maximum Gasteiger partial charge on any atom is 0.241 e. The second kappa shape index (κ2) is 9.73. The number of hydrogen-bond donors (Lipinski definition) is 2. The number of anilines is 2. The van der Waals surface area contributed by atoms with Crippen molar-refractivity contribution in [1.82, 2.24) is 4.90 Å². The topological polar surface area (TPSA) is 70.7 Å². The number of halogens is 3. The van der Waals surface area contributed by atoms with E-state index in [1.807, 2.05) is 0 Å². The van der Waals surface area contributed by atoms with E-state index in [9.17, 15) is 14.0 Å². The molecule has 0 radical (unpaired) electrons. The van der Waals surface area contributed by atoms with E-state index in [2.05, 4.69) is 10.6 Å². The Labute approximate surface area is 172 Å². The van der Waals surface area contributed by atoms with Gasteiger partial charge in [-0.15, -0.1) is 0 Å². The van der Waals surface area contributed by atoms with Crippen molar-refractivity contribution in [2.45, 2.75) is 13.0 Å². The molecule has 150 valence electrons. The van der Waals surface area contributed by atoms with Crippen LogP contribution in [-0.4, -0.2) is 43.5 Å². The second-order valence-corrected chi connectivity index (χ2v) is 6.97. The van der Waals surface area contributed by atoms with E-state index in [1.54, 1.807) is 32.2 Å². The highest BCUT2D eigenvalue weighted by molar-refractivity contribution is 6.31. The zero-order valence-corrected chi connectivity index (χ0v) is 17.1. The molecule has 0 aliphatic heterocycles. The fourth-order valence-electron chi connectivity index (χ4n) is 2.36. The summed E-state index contributed by atoms with van der Waals surface area (Å²) in [5, 5.41) is 5.91. The molecule has 0 aliphatic rings. The van der Waals surface area contributed by atoms with E-state index >= 15 is 0 Å². The molecule has 9 heteroatoms. The van der Waals surface area contributed by atoms with Crippen molar-refractivity contribution in [2.24, 2.45) is 0 Å². The van der Waals surface area contributed by atoms with Gasteiger partial charge in [-0.3, -0.25) is 14.5 Å². The Hall–Kier alpha value is -2.35. The van der Waals surface area contributed by atoms with E-state index in [1.165, 1.54) is 24.1 Å². The Bertz CT molecular complexity index is 879. The molecule has 2 amide bonds. The zero-order chi connectivity index (χ0) is 20.8. The first-order chi connectivity index (χ1) is 13.2. The number of methoxy groups -OCH3 is 1. The van der Waals surface area contributed by atoms with Gasteiger partial charge < -0.3 is 15.4 Å². The average Bonchev–Trinajstić information content (AvgIpc) is 2.64. The fraction of sp³-hybridized carbons (Fsp3) is 0.263. The van der Waals surface area contributed by atoms with Crippen LogP contribution in [0.15, 0.2) is 36.4 Å². The molecule has 1 atom stereocenters. The predicted octanol–water partition coefficient (Wildman–Crippen LogP) is 4.04. The number of carbonyl (C=O) groups is 2. The number of benzene rings is 2. The van der Waals surface area contributed by atoms with Gasteiger partial charge in [0, 0.05) is 10.0 Å². The molecule has 0 aliphatic carbocycles. The van der Waals surface area contributed by atoms with Crippen molar-refractivity contribution in [1.29, 1.82) is 0 Å². The van der Waals surface area contributed by atoms with E-state index in [-0.39, 0.29) is 18.1 Å². The van der Waals surface area contributed by atoms with Gasteiger partial charge >= 0.3 is 0 Å². The van der Waals surface area contributed by atoms with Crippen LogP contribution >= 0.6 is 23.2 Å². The predicted molar refractivity (Wildman–Crippen MR) is 109 cm³/mol. The van der Waals surface area contributed by atoms with Gasteiger partial charge in [0.05, 0.1) is 31.1 Å². The molecule has 0 saturated heterocycles. The minimum absolute atomic E-state index is 0.0223. The molecule has 2 rings (SSSR count). The summed E-state index contributed by atoms with van der Waals surface area (Å²) < 4.78 is 19.0. The van der Waals surface area contributed by atoms with Crippen LogP contribution < -0.4 is 15.4 Å². The lowest BCUT2D eigenvalue weighted by Crippen LogP contribution is -2.43. The average molecular weight is 428 g/mol. The molecule has 0 bridgehead atoms. The lowest BCUT2D eigenvalue weighted by atomic mass is 10.2.